The molecule has 0 aliphatic carbocycles. The van der Waals surface area contributed by atoms with Gasteiger partial charge < -0.3 is 15.1 Å². The summed E-state index contributed by atoms with van der Waals surface area (Å²) in [7, 11) is 0. The van der Waals surface area contributed by atoms with Crippen LogP contribution < -0.4 is 10.6 Å². The summed E-state index contributed by atoms with van der Waals surface area (Å²) in [4.78, 5) is 36.8. The average molecular weight is 418 g/mol. The lowest BCUT2D eigenvalue weighted by Gasteiger charge is -2.16. The maximum Gasteiger partial charge on any atom is 0.253 e. The Hall–Kier alpha value is -3.67. The minimum absolute atomic E-state index is 0.0679. The molecule has 0 aliphatic heterocycles. The lowest BCUT2D eigenvalue weighted by atomic mass is 10.1. The van der Waals surface area contributed by atoms with Gasteiger partial charge in [-0.15, -0.1) is 0 Å². The highest BCUT2D eigenvalue weighted by Gasteiger charge is 2.17. The number of ketones is 1. The summed E-state index contributed by atoms with van der Waals surface area (Å²) in [6.07, 6.45) is 0.528. The second-order valence-electron chi connectivity index (χ2n) is 7.44. The Balaban J connectivity index is 1.63. The van der Waals surface area contributed by atoms with E-state index in [0.717, 1.165) is 5.56 Å². The zero-order valence-corrected chi connectivity index (χ0v) is 17.9. The smallest absolute Gasteiger partial charge is 0.253 e. The largest absolute Gasteiger partial charge is 0.466 e. The van der Waals surface area contributed by atoms with E-state index in [1.807, 2.05) is 37.3 Å². The Morgan fingerprint density at radius 2 is 1.65 bits per heavy atom. The molecule has 2 amide bonds. The third-order valence-corrected chi connectivity index (χ3v) is 5.04. The van der Waals surface area contributed by atoms with Crippen molar-refractivity contribution in [3.05, 3.63) is 88.9 Å². The summed E-state index contributed by atoms with van der Waals surface area (Å²) in [5.41, 5.74) is 2.37. The minimum Gasteiger partial charge on any atom is -0.466 e. The lowest BCUT2D eigenvalue weighted by Crippen LogP contribution is -2.28. The highest BCUT2D eigenvalue weighted by molar-refractivity contribution is 6.04. The molecule has 0 radical (unpaired) electrons. The number of hydrogen-bond acceptors (Lipinski definition) is 4. The van der Waals surface area contributed by atoms with Crippen molar-refractivity contribution in [1.82, 2.24) is 5.32 Å². The fourth-order valence-corrected chi connectivity index (χ4v) is 3.36. The van der Waals surface area contributed by atoms with Crippen molar-refractivity contribution in [2.75, 3.05) is 5.32 Å². The van der Waals surface area contributed by atoms with Gasteiger partial charge in [-0.1, -0.05) is 42.5 Å². The van der Waals surface area contributed by atoms with E-state index in [0.29, 0.717) is 34.8 Å². The number of para-hydroxylation sites is 1. The first-order chi connectivity index (χ1) is 14.8. The molecule has 6 heteroatoms. The number of rotatable bonds is 8. The minimum atomic E-state index is -0.264. The Labute approximate surface area is 181 Å². The van der Waals surface area contributed by atoms with Gasteiger partial charge in [0.1, 0.15) is 11.5 Å². The van der Waals surface area contributed by atoms with Crippen molar-refractivity contribution in [1.29, 1.82) is 0 Å². The molecule has 2 N–H and O–H groups in total. The van der Waals surface area contributed by atoms with Crippen LogP contribution in [0.2, 0.25) is 0 Å². The maximum absolute atomic E-state index is 12.8. The van der Waals surface area contributed by atoms with Crippen molar-refractivity contribution >= 4 is 23.3 Å². The van der Waals surface area contributed by atoms with Crippen molar-refractivity contribution < 1.29 is 18.8 Å². The van der Waals surface area contributed by atoms with E-state index in [1.165, 1.54) is 6.92 Å². The molecule has 6 nitrogen and oxygen atoms in total. The van der Waals surface area contributed by atoms with E-state index in [9.17, 15) is 14.4 Å². The van der Waals surface area contributed by atoms with Crippen molar-refractivity contribution in [3.8, 4) is 0 Å². The number of amides is 2. The summed E-state index contributed by atoms with van der Waals surface area (Å²) in [6.45, 7) is 5.12. The third-order valence-electron chi connectivity index (χ3n) is 5.04. The van der Waals surface area contributed by atoms with Crippen LogP contribution in [0, 0.1) is 6.92 Å². The van der Waals surface area contributed by atoms with Crippen LogP contribution in [0.4, 0.5) is 5.69 Å². The van der Waals surface area contributed by atoms with Crippen LogP contribution >= 0.6 is 0 Å². The van der Waals surface area contributed by atoms with E-state index in [2.05, 4.69) is 10.6 Å². The van der Waals surface area contributed by atoms with Gasteiger partial charge in [-0.05, 0) is 44.5 Å². The topological polar surface area (TPSA) is 88.4 Å². The highest BCUT2D eigenvalue weighted by Crippen LogP contribution is 2.20. The number of Topliss-reactive ketones (excluding diaryl/α,β-unsaturated/α-hetero) is 1. The summed E-state index contributed by atoms with van der Waals surface area (Å²) in [5, 5.41) is 5.78. The zero-order chi connectivity index (χ0) is 22.4. The van der Waals surface area contributed by atoms with Gasteiger partial charge in [-0.2, -0.15) is 0 Å². The maximum atomic E-state index is 12.8. The molecule has 0 saturated heterocycles. The van der Waals surface area contributed by atoms with Crippen LogP contribution in [0.15, 0.2) is 65.1 Å². The van der Waals surface area contributed by atoms with Crippen LogP contribution in [0.3, 0.4) is 0 Å². The van der Waals surface area contributed by atoms with E-state index in [1.54, 1.807) is 37.3 Å². The number of hydrogen-bond donors (Lipinski definition) is 2. The molecular weight excluding hydrogens is 392 g/mol. The van der Waals surface area contributed by atoms with Crippen LogP contribution in [0.1, 0.15) is 64.1 Å². The van der Waals surface area contributed by atoms with Gasteiger partial charge in [0.2, 0.25) is 5.91 Å². The molecule has 3 rings (SSSR count). The van der Waals surface area contributed by atoms with Crippen LogP contribution in [-0.4, -0.2) is 17.6 Å². The van der Waals surface area contributed by atoms with Gasteiger partial charge in [-0.25, -0.2) is 0 Å². The second-order valence-corrected chi connectivity index (χ2v) is 7.44. The molecule has 2 aromatic carbocycles. The predicted molar refractivity (Wildman–Crippen MR) is 119 cm³/mol. The summed E-state index contributed by atoms with van der Waals surface area (Å²) < 4.78 is 5.56. The van der Waals surface area contributed by atoms with E-state index in [4.69, 9.17) is 4.42 Å². The quantitative estimate of drug-likeness (QED) is 0.512. The molecule has 0 spiro atoms. The molecule has 1 atom stereocenters. The summed E-state index contributed by atoms with van der Waals surface area (Å²) >= 11 is 0. The van der Waals surface area contributed by atoms with Crippen molar-refractivity contribution in [2.45, 2.75) is 39.7 Å². The normalized spacial score (nSPS) is 11.6. The van der Waals surface area contributed by atoms with Gasteiger partial charge in [-0.3, -0.25) is 14.4 Å². The lowest BCUT2D eigenvalue weighted by molar-refractivity contribution is -0.116. The number of aryl methyl sites for hydroxylation is 2. The molecule has 0 fully saturated rings. The van der Waals surface area contributed by atoms with Gasteiger partial charge in [0.25, 0.3) is 5.91 Å². The molecule has 160 valence electrons. The number of carbonyl (C=O) groups is 3. The molecule has 0 saturated carbocycles. The Morgan fingerprint density at radius 3 is 2.32 bits per heavy atom. The molecule has 0 bridgehead atoms. The standard InChI is InChI=1S/C25H26N2O4/c1-16(19-9-5-4-6-10-19)26-25(30)21-11-7-8-12-23(21)27-24(29)14-13-20-15-22(17(2)28)18(3)31-20/h4-12,15-16H,13-14H2,1-3H3,(H,26,30)(H,27,29). The SMILES string of the molecule is CC(=O)c1cc(CCC(=O)Nc2ccccc2C(=O)NC(C)c2ccccc2)oc1C. The van der Waals surface area contributed by atoms with Gasteiger partial charge in [0.15, 0.2) is 5.78 Å². The average Bonchev–Trinajstić information content (AvgIpc) is 3.14. The third kappa shape index (κ3) is 5.69. The molecular formula is C25H26N2O4. The summed E-state index contributed by atoms with van der Waals surface area (Å²) in [5.74, 6) is 0.564. The molecule has 3 aromatic rings. The van der Waals surface area contributed by atoms with Crippen molar-refractivity contribution in [2.24, 2.45) is 0 Å². The monoisotopic (exact) mass is 418 g/mol. The van der Waals surface area contributed by atoms with E-state index < -0.39 is 0 Å². The highest BCUT2D eigenvalue weighted by atomic mass is 16.3. The first-order valence-corrected chi connectivity index (χ1v) is 10.2. The Morgan fingerprint density at radius 1 is 0.968 bits per heavy atom. The fraction of sp³-hybridized carbons (Fsp3) is 0.240. The van der Waals surface area contributed by atoms with Gasteiger partial charge in [0, 0.05) is 12.8 Å². The van der Waals surface area contributed by atoms with Crippen LogP contribution in [0.5, 0.6) is 0 Å². The van der Waals surface area contributed by atoms with E-state index >= 15 is 0 Å². The summed E-state index contributed by atoms with van der Waals surface area (Å²) in [6, 6.07) is 18.1. The Bertz CT molecular complexity index is 1090. The molecule has 1 unspecified atom stereocenters. The number of anilines is 1. The van der Waals surface area contributed by atoms with Crippen LogP contribution in [0.25, 0.3) is 0 Å². The molecule has 1 aromatic heterocycles. The number of benzene rings is 2. The van der Waals surface area contributed by atoms with E-state index in [-0.39, 0.29) is 30.1 Å². The number of furan rings is 1. The van der Waals surface area contributed by atoms with Crippen molar-refractivity contribution in [3.63, 3.8) is 0 Å². The Kier molecular flexibility index (Phi) is 7.03. The number of nitrogens with one attached hydrogen (secondary N) is 2. The van der Waals surface area contributed by atoms with Gasteiger partial charge >= 0.3 is 0 Å². The first kappa shape index (κ1) is 22.0. The fourth-order valence-electron chi connectivity index (χ4n) is 3.36. The molecule has 31 heavy (non-hydrogen) atoms. The first-order valence-electron chi connectivity index (χ1n) is 10.2. The molecule has 0 aliphatic rings. The molecule has 1 heterocycles. The zero-order valence-electron chi connectivity index (χ0n) is 17.9. The van der Waals surface area contributed by atoms with Crippen LogP contribution in [-0.2, 0) is 11.2 Å². The predicted octanol–water partition coefficient (Wildman–Crippen LogP) is 4.85. The number of carbonyl (C=O) groups excluding carboxylic acids is 3. The van der Waals surface area contributed by atoms with Gasteiger partial charge in [0.05, 0.1) is 22.9 Å². The second kappa shape index (κ2) is 9.89.